The fraction of sp³-hybridized carbons (Fsp3) is 0.417. The number of likely N-dealkylation sites (N-methyl/N-ethyl adjacent to an activating group) is 1. The molecule has 2 heterocycles. The quantitative estimate of drug-likeness (QED) is 0.666. The van der Waals surface area contributed by atoms with Crippen molar-refractivity contribution in [1.29, 1.82) is 0 Å². The highest BCUT2D eigenvalue weighted by Gasteiger charge is 2.32. The Labute approximate surface area is 171 Å². The zero-order valence-corrected chi connectivity index (χ0v) is 17.2. The maximum Gasteiger partial charge on any atom is 0.253 e. The first kappa shape index (κ1) is 18.4. The highest BCUT2D eigenvalue weighted by Crippen LogP contribution is 2.31. The van der Waals surface area contributed by atoms with Crippen LogP contribution in [0.2, 0.25) is 0 Å². The third-order valence-electron chi connectivity index (χ3n) is 6.43. The second-order valence-corrected chi connectivity index (χ2v) is 8.59. The van der Waals surface area contributed by atoms with Crippen LogP contribution in [-0.4, -0.2) is 58.0 Å². The molecule has 0 radical (unpaired) electrons. The number of hydrogen-bond donors (Lipinski definition) is 0. The van der Waals surface area contributed by atoms with Gasteiger partial charge in [0.05, 0.1) is 11.0 Å². The number of nitrogens with zero attached hydrogens (tertiary/aromatic N) is 4. The Morgan fingerprint density at radius 2 is 1.86 bits per heavy atom. The standard InChI is InChI=1S/C24H28N4O/c1-17-25-22-5-3-4-6-23(22)28(17)20-11-9-19(10-12-20)24(29)26(2)21-13-14-27(16-21)15-18-7-8-18/h3-6,9-12,18,21H,7-8,13-16H2,1-2H3/t21-/m1/s1. The molecule has 1 atom stereocenters. The van der Waals surface area contributed by atoms with Crippen LogP contribution in [0.5, 0.6) is 0 Å². The molecular weight excluding hydrogens is 360 g/mol. The molecular formula is C24H28N4O. The van der Waals surface area contributed by atoms with E-state index in [1.54, 1.807) is 0 Å². The molecule has 29 heavy (non-hydrogen) atoms. The molecule has 5 nitrogen and oxygen atoms in total. The SMILES string of the molecule is Cc1nc2ccccc2n1-c1ccc(C(=O)N(C)[C@@H]2CCN(CC3CC3)C2)cc1. The van der Waals surface area contributed by atoms with Crippen LogP contribution in [0.25, 0.3) is 16.7 Å². The summed E-state index contributed by atoms with van der Waals surface area (Å²) in [5, 5.41) is 0. The van der Waals surface area contributed by atoms with Crippen molar-refractivity contribution in [3.05, 3.63) is 59.9 Å². The van der Waals surface area contributed by atoms with Gasteiger partial charge in [0.15, 0.2) is 0 Å². The molecule has 0 bridgehead atoms. The van der Waals surface area contributed by atoms with E-state index < -0.39 is 0 Å². The first-order chi connectivity index (χ1) is 14.1. The Morgan fingerprint density at radius 1 is 1.10 bits per heavy atom. The lowest BCUT2D eigenvalue weighted by molar-refractivity contribution is 0.0735. The second kappa shape index (κ2) is 7.30. The predicted octanol–water partition coefficient (Wildman–Crippen LogP) is 3.89. The summed E-state index contributed by atoms with van der Waals surface area (Å²) in [7, 11) is 1.95. The van der Waals surface area contributed by atoms with E-state index in [9.17, 15) is 4.79 Å². The van der Waals surface area contributed by atoms with E-state index in [4.69, 9.17) is 0 Å². The summed E-state index contributed by atoms with van der Waals surface area (Å²) in [6.07, 6.45) is 3.84. The number of aryl methyl sites for hydroxylation is 1. The second-order valence-electron chi connectivity index (χ2n) is 8.59. The lowest BCUT2D eigenvalue weighted by Gasteiger charge is -2.25. The molecule has 1 aromatic heterocycles. The number of carbonyl (C=O) groups excluding carboxylic acids is 1. The average Bonchev–Trinajstić information content (AvgIpc) is 3.31. The molecule has 5 rings (SSSR count). The van der Waals surface area contributed by atoms with E-state index in [2.05, 4.69) is 20.5 Å². The Hall–Kier alpha value is -2.66. The van der Waals surface area contributed by atoms with Gasteiger partial charge < -0.3 is 9.80 Å². The maximum atomic E-state index is 13.0. The van der Waals surface area contributed by atoms with Gasteiger partial charge in [0.2, 0.25) is 0 Å². The molecule has 2 aromatic carbocycles. The smallest absolute Gasteiger partial charge is 0.253 e. The molecule has 1 saturated heterocycles. The number of carbonyl (C=O) groups is 1. The van der Waals surface area contributed by atoms with Gasteiger partial charge in [-0.3, -0.25) is 9.36 Å². The van der Waals surface area contributed by atoms with Crippen LogP contribution in [0.4, 0.5) is 0 Å². The van der Waals surface area contributed by atoms with Crippen LogP contribution in [0.15, 0.2) is 48.5 Å². The minimum absolute atomic E-state index is 0.113. The molecule has 1 aliphatic heterocycles. The van der Waals surface area contributed by atoms with Crippen molar-refractivity contribution in [1.82, 2.24) is 19.4 Å². The molecule has 150 valence electrons. The number of para-hydroxylation sites is 2. The summed E-state index contributed by atoms with van der Waals surface area (Å²) in [6.45, 7) is 5.35. The van der Waals surface area contributed by atoms with Crippen LogP contribution in [0.1, 0.15) is 35.4 Å². The molecule has 5 heteroatoms. The first-order valence-electron chi connectivity index (χ1n) is 10.6. The molecule has 2 aliphatic rings. The fourth-order valence-corrected chi connectivity index (χ4v) is 4.55. The number of hydrogen-bond acceptors (Lipinski definition) is 3. The van der Waals surface area contributed by atoms with Crippen molar-refractivity contribution in [2.45, 2.75) is 32.2 Å². The molecule has 1 amide bonds. The van der Waals surface area contributed by atoms with Crippen LogP contribution < -0.4 is 0 Å². The van der Waals surface area contributed by atoms with E-state index in [-0.39, 0.29) is 5.91 Å². The van der Waals surface area contributed by atoms with Gasteiger partial charge in [0, 0.05) is 44.0 Å². The van der Waals surface area contributed by atoms with Crippen molar-refractivity contribution in [3.8, 4) is 5.69 Å². The number of benzene rings is 2. The lowest BCUT2D eigenvalue weighted by atomic mass is 10.1. The highest BCUT2D eigenvalue weighted by molar-refractivity contribution is 5.94. The average molecular weight is 389 g/mol. The normalized spacial score (nSPS) is 19.7. The van der Waals surface area contributed by atoms with Crippen molar-refractivity contribution in [2.75, 3.05) is 26.7 Å². The van der Waals surface area contributed by atoms with Gasteiger partial charge in [-0.25, -0.2) is 4.98 Å². The molecule has 2 fully saturated rings. The first-order valence-corrected chi connectivity index (χ1v) is 10.6. The lowest BCUT2D eigenvalue weighted by Crippen LogP contribution is -2.39. The van der Waals surface area contributed by atoms with Gasteiger partial charge in [0.25, 0.3) is 5.91 Å². The summed E-state index contributed by atoms with van der Waals surface area (Å²) in [6, 6.07) is 16.4. The number of imidazole rings is 1. The summed E-state index contributed by atoms with van der Waals surface area (Å²) in [4.78, 5) is 22.2. The number of fused-ring (bicyclic) bond motifs is 1. The third-order valence-corrected chi connectivity index (χ3v) is 6.43. The zero-order valence-electron chi connectivity index (χ0n) is 17.2. The van der Waals surface area contributed by atoms with E-state index in [0.717, 1.165) is 53.5 Å². The zero-order chi connectivity index (χ0) is 20.0. The number of amides is 1. The van der Waals surface area contributed by atoms with Crippen LogP contribution in [0.3, 0.4) is 0 Å². The van der Waals surface area contributed by atoms with Crippen molar-refractivity contribution >= 4 is 16.9 Å². The molecule has 1 saturated carbocycles. The van der Waals surface area contributed by atoms with E-state index in [1.807, 2.05) is 61.3 Å². The van der Waals surface area contributed by atoms with Crippen LogP contribution >= 0.6 is 0 Å². The fourth-order valence-electron chi connectivity index (χ4n) is 4.55. The van der Waals surface area contributed by atoms with Gasteiger partial charge in [0.1, 0.15) is 5.82 Å². The summed E-state index contributed by atoms with van der Waals surface area (Å²) < 4.78 is 2.14. The van der Waals surface area contributed by atoms with E-state index in [1.165, 1.54) is 19.4 Å². The number of rotatable bonds is 5. The topological polar surface area (TPSA) is 41.4 Å². The Morgan fingerprint density at radius 3 is 2.62 bits per heavy atom. The molecule has 0 spiro atoms. The van der Waals surface area contributed by atoms with Gasteiger partial charge >= 0.3 is 0 Å². The van der Waals surface area contributed by atoms with Gasteiger partial charge in [-0.1, -0.05) is 12.1 Å². The number of likely N-dealkylation sites (tertiary alicyclic amines) is 1. The maximum absolute atomic E-state index is 13.0. The molecule has 1 aliphatic carbocycles. The third kappa shape index (κ3) is 3.55. The minimum Gasteiger partial charge on any atom is -0.337 e. The predicted molar refractivity (Wildman–Crippen MR) is 115 cm³/mol. The van der Waals surface area contributed by atoms with Gasteiger partial charge in [-0.2, -0.15) is 0 Å². The highest BCUT2D eigenvalue weighted by atomic mass is 16.2. The summed E-state index contributed by atoms with van der Waals surface area (Å²) >= 11 is 0. The van der Waals surface area contributed by atoms with Crippen LogP contribution in [0, 0.1) is 12.8 Å². The Bertz CT molecular complexity index is 1030. The Kier molecular flexibility index (Phi) is 4.63. The number of aromatic nitrogens is 2. The summed E-state index contributed by atoms with van der Waals surface area (Å²) in [5.41, 5.74) is 3.86. The van der Waals surface area contributed by atoms with E-state index in [0.29, 0.717) is 6.04 Å². The van der Waals surface area contributed by atoms with Gasteiger partial charge in [-0.05, 0) is 68.5 Å². The van der Waals surface area contributed by atoms with Crippen molar-refractivity contribution in [2.24, 2.45) is 5.92 Å². The van der Waals surface area contributed by atoms with Crippen LogP contribution in [-0.2, 0) is 0 Å². The minimum atomic E-state index is 0.113. The van der Waals surface area contributed by atoms with Gasteiger partial charge in [-0.15, -0.1) is 0 Å². The molecule has 3 aromatic rings. The largest absolute Gasteiger partial charge is 0.337 e. The Balaban J connectivity index is 1.32. The van der Waals surface area contributed by atoms with Crippen molar-refractivity contribution < 1.29 is 4.79 Å². The monoisotopic (exact) mass is 388 g/mol. The van der Waals surface area contributed by atoms with E-state index >= 15 is 0 Å². The van der Waals surface area contributed by atoms with Crippen molar-refractivity contribution in [3.63, 3.8) is 0 Å². The molecule has 0 unspecified atom stereocenters. The summed E-state index contributed by atoms with van der Waals surface area (Å²) in [5.74, 6) is 1.97. The molecule has 0 N–H and O–H groups in total.